The van der Waals surface area contributed by atoms with Crippen molar-refractivity contribution in [3.05, 3.63) is 23.4 Å². The summed E-state index contributed by atoms with van der Waals surface area (Å²) in [5.74, 6) is 0.493. The number of carbonyl (C=O) groups excluding carboxylic acids is 1. The smallest absolute Gasteiger partial charge is 0.238 e. The molecule has 0 spiro atoms. The van der Waals surface area contributed by atoms with Crippen LogP contribution in [0.3, 0.4) is 0 Å². The van der Waals surface area contributed by atoms with E-state index >= 15 is 0 Å². The average Bonchev–Trinajstić information content (AvgIpc) is 2.73. The Morgan fingerprint density at radius 2 is 1.65 bits per heavy atom. The van der Waals surface area contributed by atoms with E-state index in [0.29, 0.717) is 5.70 Å². The van der Waals surface area contributed by atoms with E-state index in [-0.39, 0.29) is 22.8 Å². The number of hydrogen-bond donors (Lipinski definition) is 1. The lowest BCUT2D eigenvalue weighted by atomic mass is 9.53. The van der Waals surface area contributed by atoms with Crippen LogP contribution in [0.15, 0.2) is 23.4 Å². The highest BCUT2D eigenvalue weighted by molar-refractivity contribution is 6.53. The molecule has 0 aromatic rings. The van der Waals surface area contributed by atoms with Gasteiger partial charge in [-0.05, 0) is 62.7 Å². The third-order valence-electron chi connectivity index (χ3n) is 7.06. The van der Waals surface area contributed by atoms with E-state index < -0.39 is 10.7 Å². The number of ether oxygens (including phenoxy) is 2. The van der Waals surface area contributed by atoms with E-state index in [1.54, 1.807) is 6.08 Å². The Hall–Kier alpha value is -0.550. The van der Waals surface area contributed by atoms with Gasteiger partial charge in [-0.1, -0.05) is 17.7 Å². The third-order valence-corrected chi connectivity index (χ3v) is 7.99. The van der Waals surface area contributed by atoms with Crippen molar-refractivity contribution >= 4 is 29.0 Å². The van der Waals surface area contributed by atoms with Crippen molar-refractivity contribution in [3.63, 3.8) is 0 Å². The number of alkyl halides is 1. The maximum absolute atomic E-state index is 13.0. The van der Waals surface area contributed by atoms with E-state index in [1.165, 1.54) is 33.5 Å². The van der Waals surface area contributed by atoms with Crippen LogP contribution < -0.4 is 5.32 Å². The van der Waals surface area contributed by atoms with Gasteiger partial charge >= 0.3 is 0 Å². The number of halogens is 2. The monoisotopic (exact) mass is 399 g/mol. The summed E-state index contributed by atoms with van der Waals surface area (Å²) in [4.78, 5) is 11.5. The summed E-state index contributed by atoms with van der Waals surface area (Å²) < 4.78 is 11.5. The molecule has 0 saturated heterocycles. The van der Waals surface area contributed by atoms with E-state index in [1.807, 2.05) is 0 Å². The van der Waals surface area contributed by atoms with Gasteiger partial charge in [0.2, 0.25) is 11.6 Å². The largest absolute Gasteiger partial charge is 0.377 e. The van der Waals surface area contributed by atoms with Gasteiger partial charge < -0.3 is 14.8 Å². The molecule has 144 valence electrons. The molecule has 5 aliphatic carbocycles. The molecule has 4 bridgehead atoms. The summed E-state index contributed by atoms with van der Waals surface area (Å²) >= 11 is 13.3. The predicted octanol–water partition coefficient (Wildman–Crippen LogP) is 4.12. The van der Waals surface area contributed by atoms with Crippen LogP contribution in [0.2, 0.25) is 0 Å². The van der Waals surface area contributed by atoms with Crippen molar-refractivity contribution in [3.8, 4) is 0 Å². The summed E-state index contributed by atoms with van der Waals surface area (Å²) in [6, 6.07) is 0. The lowest BCUT2D eigenvalue weighted by Crippen LogP contribution is -2.63. The zero-order valence-corrected chi connectivity index (χ0v) is 17.0. The van der Waals surface area contributed by atoms with Crippen LogP contribution in [0.4, 0.5) is 0 Å². The maximum Gasteiger partial charge on any atom is 0.238 e. The topological polar surface area (TPSA) is 47.6 Å². The zero-order chi connectivity index (χ0) is 18.7. The molecular weight excluding hydrogens is 373 g/mol. The summed E-state index contributed by atoms with van der Waals surface area (Å²) in [6.45, 7) is 3.74. The molecule has 1 unspecified atom stereocenters. The highest BCUT2D eigenvalue weighted by Gasteiger charge is 2.67. The first kappa shape index (κ1) is 18.8. The van der Waals surface area contributed by atoms with Gasteiger partial charge in [0.15, 0.2) is 4.87 Å². The first-order chi connectivity index (χ1) is 12.3. The van der Waals surface area contributed by atoms with Gasteiger partial charge in [-0.2, -0.15) is 0 Å². The fourth-order valence-electron chi connectivity index (χ4n) is 6.48. The van der Waals surface area contributed by atoms with E-state index in [2.05, 4.69) is 11.9 Å². The zero-order valence-electron chi connectivity index (χ0n) is 15.4. The minimum absolute atomic E-state index is 0.0386. The molecule has 4 saturated carbocycles. The molecule has 5 rings (SSSR count). The second kappa shape index (κ2) is 6.23. The fourth-order valence-corrected chi connectivity index (χ4v) is 7.32. The minimum atomic E-state index is -1.44. The van der Waals surface area contributed by atoms with Crippen molar-refractivity contribution in [1.82, 2.24) is 5.32 Å². The quantitative estimate of drug-likeness (QED) is 0.414. The summed E-state index contributed by atoms with van der Waals surface area (Å²) in [6.07, 6.45) is 9.16. The summed E-state index contributed by atoms with van der Waals surface area (Å²) in [7, 11) is 3.02. The standard InChI is InChI=1S/C20H27Cl2NO3/c1-4-5-19(22)17(24)15(21)16(20(19,25-2)26-3)23-18-9-12-6-13(10-18)8-14(7-12)11-18/h4,12-14,23H,1,5-11H2,2-3H3. The van der Waals surface area contributed by atoms with Crippen LogP contribution in [0.1, 0.15) is 44.9 Å². The molecule has 4 nitrogen and oxygen atoms in total. The van der Waals surface area contributed by atoms with Crippen LogP contribution in [-0.2, 0) is 14.3 Å². The predicted molar refractivity (Wildman–Crippen MR) is 102 cm³/mol. The van der Waals surface area contributed by atoms with Gasteiger partial charge in [-0.15, -0.1) is 18.2 Å². The van der Waals surface area contributed by atoms with Crippen molar-refractivity contribution in [2.45, 2.75) is 61.1 Å². The van der Waals surface area contributed by atoms with Crippen LogP contribution in [0.5, 0.6) is 0 Å². The average molecular weight is 400 g/mol. The van der Waals surface area contributed by atoms with Crippen molar-refractivity contribution < 1.29 is 14.3 Å². The van der Waals surface area contributed by atoms with Crippen LogP contribution in [0, 0.1) is 17.8 Å². The van der Waals surface area contributed by atoms with Gasteiger partial charge in [0.05, 0.1) is 5.70 Å². The first-order valence-electron chi connectivity index (χ1n) is 9.46. The molecule has 4 fully saturated rings. The Morgan fingerprint density at radius 3 is 2.08 bits per heavy atom. The molecule has 0 aromatic carbocycles. The van der Waals surface area contributed by atoms with Gasteiger partial charge in [0.25, 0.3) is 0 Å². The number of nitrogens with one attached hydrogen (secondary N) is 1. The number of methoxy groups -OCH3 is 2. The van der Waals surface area contributed by atoms with Crippen molar-refractivity contribution in [2.75, 3.05) is 14.2 Å². The first-order valence-corrected chi connectivity index (χ1v) is 10.2. The molecule has 0 aromatic heterocycles. The highest BCUT2D eigenvalue weighted by Crippen LogP contribution is 2.58. The number of rotatable bonds is 6. The Morgan fingerprint density at radius 1 is 1.15 bits per heavy atom. The number of hydrogen-bond acceptors (Lipinski definition) is 4. The van der Waals surface area contributed by atoms with Crippen molar-refractivity contribution in [1.29, 1.82) is 0 Å². The van der Waals surface area contributed by atoms with E-state index in [4.69, 9.17) is 32.7 Å². The van der Waals surface area contributed by atoms with E-state index in [0.717, 1.165) is 37.0 Å². The molecule has 1 atom stereocenters. The normalized spacial score (nSPS) is 43.2. The fraction of sp³-hybridized carbons (Fsp3) is 0.750. The SMILES string of the molecule is C=CCC1(Cl)C(=O)C(Cl)=C(NC23CC4CC(CC(C4)C2)C3)C1(OC)OC. The lowest BCUT2D eigenvalue weighted by Gasteiger charge is -2.58. The van der Waals surface area contributed by atoms with Gasteiger partial charge in [-0.25, -0.2) is 0 Å². The number of allylic oxidation sites excluding steroid dienone is 2. The molecule has 0 heterocycles. The van der Waals surface area contributed by atoms with Gasteiger partial charge in [-0.3, -0.25) is 4.79 Å². The summed E-state index contributed by atoms with van der Waals surface area (Å²) in [5, 5.41) is 3.77. The van der Waals surface area contributed by atoms with Crippen LogP contribution in [0.25, 0.3) is 0 Å². The molecule has 0 radical (unpaired) electrons. The molecule has 6 heteroatoms. The van der Waals surface area contributed by atoms with Crippen molar-refractivity contribution in [2.24, 2.45) is 17.8 Å². The Bertz CT molecular complexity index is 635. The number of carbonyl (C=O) groups is 1. The molecular formula is C20H27Cl2NO3. The molecule has 5 aliphatic rings. The third kappa shape index (κ3) is 2.38. The molecule has 0 aliphatic heterocycles. The Balaban J connectivity index is 1.73. The number of Topliss-reactive ketones (excluding diaryl/α,β-unsaturated/α-hetero) is 1. The Kier molecular flexibility index (Phi) is 4.51. The van der Waals surface area contributed by atoms with Crippen LogP contribution in [-0.4, -0.2) is 36.2 Å². The van der Waals surface area contributed by atoms with Crippen LogP contribution >= 0.6 is 23.2 Å². The maximum atomic E-state index is 13.0. The minimum Gasteiger partial charge on any atom is -0.377 e. The second-order valence-corrected chi connectivity index (χ2v) is 9.68. The molecule has 1 N–H and O–H groups in total. The molecule has 26 heavy (non-hydrogen) atoms. The summed E-state index contributed by atoms with van der Waals surface area (Å²) in [5.41, 5.74) is 0.455. The molecule has 0 amide bonds. The van der Waals surface area contributed by atoms with Gasteiger partial charge in [0, 0.05) is 19.8 Å². The van der Waals surface area contributed by atoms with Gasteiger partial charge in [0.1, 0.15) is 5.03 Å². The second-order valence-electron chi connectivity index (χ2n) is 8.66. The van der Waals surface area contributed by atoms with E-state index in [9.17, 15) is 4.79 Å². The Labute approximate surface area is 165 Å². The lowest BCUT2D eigenvalue weighted by molar-refractivity contribution is -0.201. The number of ketones is 1. The highest BCUT2D eigenvalue weighted by atomic mass is 35.5.